The van der Waals surface area contributed by atoms with Crippen LogP contribution in [-0.2, 0) is 5.54 Å². The lowest BCUT2D eigenvalue weighted by atomic mass is 9.81. The summed E-state index contributed by atoms with van der Waals surface area (Å²) < 4.78 is 18.6. The van der Waals surface area contributed by atoms with Gasteiger partial charge in [-0.25, -0.2) is 4.39 Å². The van der Waals surface area contributed by atoms with E-state index in [1.54, 1.807) is 0 Å². The van der Waals surface area contributed by atoms with Crippen LogP contribution >= 0.6 is 0 Å². The fourth-order valence-corrected chi connectivity index (χ4v) is 3.10. The summed E-state index contributed by atoms with van der Waals surface area (Å²) in [6.45, 7) is 4.00. The van der Waals surface area contributed by atoms with E-state index >= 15 is 0 Å². The van der Waals surface area contributed by atoms with E-state index in [2.05, 4.69) is 15.5 Å². The van der Waals surface area contributed by atoms with Crippen LogP contribution < -0.4 is 5.32 Å². The number of nitrogens with one attached hydrogen (secondary N) is 1. The number of carbonyl (C=O) groups is 1. The first-order chi connectivity index (χ1) is 11.5. The number of rotatable bonds is 4. The second-order valence-electron chi connectivity index (χ2n) is 6.72. The van der Waals surface area contributed by atoms with Gasteiger partial charge in [0.15, 0.2) is 5.82 Å². The molecule has 1 aromatic carbocycles. The lowest BCUT2D eigenvalue weighted by Crippen LogP contribution is -2.47. The third-order valence-electron chi connectivity index (χ3n) is 4.53. The molecule has 3 rings (SSSR count). The van der Waals surface area contributed by atoms with Crippen molar-refractivity contribution in [1.82, 2.24) is 15.5 Å². The first-order valence-corrected chi connectivity index (χ1v) is 8.42. The van der Waals surface area contributed by atoms with E-state index in [9.17, 15) is 9.18 Å². The van der Waals surface area contributed by atoms with Crippen LogP contribution in [0.1, 0.15) is 73.9 Å². The largest absolute Gasteiger partial charge is 0.338 e. The number of hydrogen-bond donors (Lipinski definition) is 1. The van der Waals surface area contributed by atoms with Gasteiger partial charge in [-0.3, -0.25) is 4.79 Å². The molecule has 1 aromatic heterocycles. The molecule has 0 unspecified atom stereocenters. The maximum Gasteiger partial charge on any atom is 0.252 e. The average molecular weight is 331 g/mol. The molecule has 0 radical (unpaired) electrons. The first kappa shape index (κ1) is 16.6. The Kier molecular flexibility index (Phi) is 4.64. The van der Waals surface area contributed by atoms with Gasteiger partial charge in [-0.1, -0.05) is 38.3 Å². The highest BCUT2D eigenvalue weighted by Crippen LogP contribution is 2.37. The minimum atomic E-state index is -0.635. The van der Waals surface area contributed by atoms with Crippen LogP contribution in [0.5, 0.6) is 0 Å². The SMILES string of the molecule is CC(C)c1noc(C2(NC(=O)c3ccc(F)cc3)CCCCC2)n1. The zero-order chi connectivity index (χ0) is 17.2. The maximum atomic E-state index is 13.1. The third kappa shape index (κ3) is 3.32. The lowest BCUT2D eigenvalue weighted by Gasteiger charge is -2.34. The highest BCUT2D eigenvalue weighted by molar-refractivity contribution is 5.94. The predicted molar refractivity (Wildman–Crippen MR) is 87.0 cm³/mol. The van der Waals surface area contributed by atoms with E-state index in [4.69, 9.17) is 4.52 Å². The Balaban J connectivity index is 1.87. The van der Waals surface area contributed by atoms with Gasteiger partial charge in [-0.15, -0.1) is 0 Å². The zero-order valence-corrected chi connectivity index (χ0v) is 14.0. The van der Waals surface area contributed by atoms with Crippen LogP contribution in [0.2, 0.25) is 0 Å². The number of nitrogens with zero attached hydrogens (tertiary/aromatic N) is 2. The van der Waals surface area contributed by atoms with E-state index < -0.39 is 5.54 Å². The van der Waals surface area contributed by atoms with Crippen molar-refractivity contribution in [2.75, 3.05) is 0 Å². The molecule has 1 heterocycles. The Morgan fingerprint density at radius 1 is 1.21 bits per heavy atom. The summed E-state index contributed by atoms with van der Waals surface area (Å²) in [7, 11) is 0. The van der Waals surface area contributed by atoms with Gasteiger partial charge in [-0.2, -0.15) is 4.98 Å². The topological polar surface area (TPSA) is 68.0 Å². The molecule has 0 bridgehead atoms. The molecule has 2 aromatic rings. The number of benzene rings is 1. The quantitative estimate of drug-likeness (QED) is 0.922. The van der Waals surface area contributed by atoms with E-state index in [0.717, 1.165) is 32.1 Å². The normalized spacial score (nSPS) is 17.0. The molecular weight excluding hydrogens is 309 g/mol. The molecule has 24 heavy (non-hydrogen) atoms. The first-order valence-electron chi connectivity index (χ1n) is 8.42. The number of amides is 1. The van der Waals surface area contributed by atoms with Gasteiger partial charge in [0.05, 0.1) is 0 Å². The number of halogens is 1. The number of carbonyl (C=O) groups excluding carboxylic acids is 1. The minimum Gasteiger partial charge on any atom is -0.338 e. The molecule has 1 saturated carbocycles. The Hall–Kier alpha value is -2.24. The molecule has 0 saturated heterocycles. The summed E-state index contributed by atoms with van der Waals surface area (Å²) in [6.07, 6.45) is 4.63. The van der Waals surface area contributed by atoms with E-state index in [1.165, 1.54) is 24.3 Å². The Morgan fingerprint density at radius 3 is 2.46 bits per heavy atom. The molecule has 0 atom stereocenters. The van der Waals surface area contributed by atoms with Crippen molar-refractivity contribution in [1.29, 1.82) is 0 Å². The van der Waals surface area contributed by atoms with Crippen LogP contribution in [0.15, 0.2) is 28.8 Å². The lowest BCUT2D eigenvalue weighted by molar-refractivity contribution is 0.0824. The van der Waals surface area contributed by atoms with E-state index in [0.29, 0.717) is 17.3 Å². The second-order valence-corrected chi connectivity index (χ2v) is 6.72. The van der Waals surface area contributed by atoms with Gasteiger partial charge in [0, 0.05) is 11.5 Å². The van der Waals surface area contributed by atoms with Crippen LogP contribution in [0.25, 0.3) is 0 Å². The van der Waals surface area contributed by atoms with Crippen LogP contribution in [-0.4, -0.2) is 16.0 Å². The van der Waals surface area contributed by atoms with Gasteiger partial charge < -0.3 is 9.84 Å². The van der Waals surface area contributed by atoms with Gasteiger partial charge >= 0.3 is 0 Å². The average Bonchev–Trinajstić information content (AvgIpc) is 3.07. The predicted octanol–water partition coefficient (Wildman–Crippen LogP) is 3.92. The fourth-order valence-electron chi connectivity index (χ4n) is 3.10. The van der Waals surface area contributed by atoms with Crippen molar-refractivity contribution in [2.45, 2.75) is 57.4 Å². The van der Waals surface area contributed by atoms with Gasteiger partial charge in [-0.05, 0) is 37.1 Å². The number of aromatic nitrogens is 2. The number of hydrogen-bond acceptors (Lipinski definition) is 4. The van der Waals surface area contributed by atoms with Gasteiger partial charge in [0.2, 0.25) is 0 Å². The Labute approximate surface area is 140 Å². The molecular formula is C18H22FN3O2. The Bertz CT molecular complexity index is 703. The highest BCUT2D eigenvalue weighted by atomic mass is 19.1. The third-order valence-corrected chi connectivity index (χ3v) is 4.53. The summed E-state index contributed by atoms with van der Waals surface area (Å²) in [4.78, 5) is 17.1. The van der Waals surface area contributed by atoms with E-state index in [-0.39, 0.29) is 17.6 Å². The van der Waals surface area contributed by atoms with E-state index in [1.807, 2.05) is 13.8 Å². The highest BCUT2D eigenvalue weighted by Gasteiger charge is 2.41. The molecule has 1 N–H and O–H groups in total. The summed E-state index contributed by atoms with van der Waals surface area (Å²) >= 11 is 0. The maximum absolute atomic E-state index is 13.1. The zero-order valence-electron chi connectivity index (χ0n) is 14.0. The molecule has 5 nitrogen and oxygen atoms in total. The molecule has 1 aliphatic carbocycles. The fraction of sp³-hybridized carbons (Fsp3) is 0.500. The smallest absolute Gasteiger partial charge is 0.252 e. The van der Waals surface area contributed by atoms with Crippen molar-refractivity contribution in [3.63, 3.8) is 0 Å². The molecule has 1 fully saturated rings. The standard InChI is InChI=1S/C18H22FN3O2/c1-12(2)15-20-17(24-22-15)18(10-4-3-5-11-18)21-16(23)13-6-8-14(19)9-7-13/h6-9,12H,3-5,10-11H2,1-2H3,(H,21,23). The molecule has 6 heteroatoms. The van der Waals surface area contributed by atoms with Crippen molar-refractivity contribution in [3.05, 3.63) is 47.4 Å². The van der Waals surface area contributed by atoms with Crippen LogP contribution in [0.3, 0.4) is 0 Å². The molecule has 0 aliphatic heterocycles. The van der Waals surface area contributed by atoms with Crippen molar-refractivity contribution < 1.29 is 13.7 Å². The van der Waals surface area contributed by atoms with Crippen LogP contribution in [0.4, 0.5) is 4.39 Å². The molecule has 1 aliphatic rings. The molecule has 0 spiro atoms. The van der Waals surface area contributed by atoms with Gasteiger partial charge in [0.25, 0.3) is 11.8 Å². The summed E-state index contributed by atoms with van der Waals surface area (Å²) in [5.74, 6) is 0.668. The van der Waals surface area contributed by atoms with Gasteiger partial charge in [0.1, 0.15) is 11.4 Å². The van der Waals surface area contributed by atoms with Crippen molar-refractivity contribution in [3.8, 4) is 0 Å². The summed E-state index contributed by atoms with van der Waals surface area (Å²) in [6, 6.07) is 5.53. The molecule has 128 valence electrons. The van der Waals surface area contributed by atoms with Crippen molar-refractivity contribution >= 4 is 5.91 Å². The monoisotopic (exact) mass is 331 g/mol. The minimum absolute atomic E-state index is 0.163. The second kappa shape index (κ2) is 6.71. The Morgan fingerprint density at radius 2 is 1.88 bits per heavy atom. The molecule has 1 amide bonds. The summed E-state index contributed by atoms with van der Waals surface area (Å²) in [5, 5.41) is 7.12. The summed E-state index contributed by atoms with van der Waals surface area (Å²) in [5.41, 5.74) is -0.214. The van der Waals surface area contributed by atoms with Crippen molar-refractivity contribution in [2.24, 2.45) is 0 Å². The van der Waals surface area contributed by atoms with Crippen LogP contribution in [0, 0.1) is 5.82 Å².